The summed E-state index contributed by atoms with van der Waals surface area (Å²) in [4.78, 5) is 2.62. The molecule has 2 aliphatic heterocycles. The molecular weight excluding hydrogens is 320 g/mol. The van der Waals surface area contributed by atoms with Gasteiger partial charge >= 0.3 is 0 Å². The predicted octanol–water partition coefficient (Wildman–Crippen LogP) is 4.27. The lowest BCUT2D eigenvalue weighted by atomic mass is 9.71. The fourth-order valence-electron chi connectivity index (χ4n) is 5.05. The summed E-state index contributed by atoms with van der Waals surface area (Å²) in [5.74, 6) is 0. The number of rotatable bonds is 3. The van der Waals surface area contributed by atoms with E-state index in [1.165, 1.54) is 12.0 Å². The van der Waals surface area contributed by atoms with Crippen molar-refractivity contribution in [3.05, 3.63) is 70.8 Å². The third-order valence-corrected chi connectivity index (χ3v) is 6.22. The molecular formula is C23H26N2O. The Bertz CT molecular complexity index is 810. The molecule has 2 unspecified atom stereocenters. The van der Waals surface area contributed by atoms with Gasteiger partial charge in [0.25, 0.3) is 0 Å². The van der Waals surface area contributed by atoms with Gasteiger partial charge in [-0.05, 0) is 61.4 Å². The van der Waals surface area contributed by atoms with Gasteiger partial charge in [-0.1, -0.05) is 42.8 Å². The molecule has 2 fully saturated rings. The highest BCUT2D eigenvalue weighted by Crippen LogP contribution is 2.45. The first-order valence-electron chi connectivity index (χ1n) is 9.62. The fourth-order valence-corrected chi connectivity index (χ4v) is 5.05. The van der Waals surface area contributed by atoms with Gasteiger partial charge in [0, 0.05) is 18.6 Å². The normalized spacial score (nSPS) is 28.5. The van der Waals surface area contributed by atoms with Gasteiger partial charge < -0.3 is 5.11 Å². The van der Waals surface area contributed by atoms with Gasteiger partial charge in [-0.25, -0.2) is 0 Å². The fraction of sp³-hybridized carbons (Fsp3) is 0.435. The van der Waals surface area contributed by atoms with E-state index in [-0.39, 0.29) is 0 Å². The second-order valence-corrected chi connectivity index (χ2v) is 7.98. The number of nitriles is 1. The zero-order valence-corrected chi connectivity index (χ0v) is 15.4. The highest BCUT2D eigenvalue weighted by Gasteiger charge is 2.46. The number of aliphatic hydroxyl groups is 1. The van der Waals surface area contributed by atoms with Crippen LogP contribution >= 0.6 is 0 Å². The average Bonchev–Trinajstić information content (AvgIpc) is 2.63. The minimum Gasteiger partial charge on any atom is -0.385 e. The zero-order chi connectivity index (χ0) is 18.1. The standard InChI is InChI=1S/C23H26N2O/c1-17-12-19(15-24)10-11-22(17)23(26)13-20-8-5-9-21(14-23)25(20)16-18-6-3-2-4-7-18/h2-4,6-7,10-12,20-21,26H,5,8-9,13-14,16H2,1H3. The molecule has 0 aliphatic carbocycles. The predicted molar refractivity (Wildman–Crippen MR) is 102 cm³/mol. The average molecular weight is 346 g/mol. The Hall–Kier alpha value is -2.15. The van der Waals surface area contributed by atoms with Crippen LogP contribution in [0.3, 0.4) is 0 Å². The summed E-state index contributed by atoms with van der Waals surface area (Å²) in [6.07, 6.45) is 5.12. The van der Waals surface area contributed by atoms with Crippen LogP contribution in [0.2, 0.25) is 0 Å². The largest absolute Gasteiger partial charge is 0.385 e. The van der Waals surface area contributed by atoms with Gasteiger partial charge in [0.05, 0.1) is 17.2 Å². The summed E-state index contributed by atoms with van der Waals surface area (Å²) in [5.41, 5.74) is 3.27. The van der Waals surface area contributed by atoms with Crippen molar-refractivity contribution in [2.75, 3.05) is 0 Å². The molecule has 134 valence electrons. The van der Waals surface area contributed by atoms with Crippen molar-refractivity contribution in [3.8, 4) is 6.07 Å². The van der Waals surface area contributed by atoms with Crippen LogP contribution in [0.5, 0.6) is 0 Å². The molecule has 0 radical (unpaired) electrons. The molecule has 2 heterocycles. The van der Waals surface area contributed by atoms with E-state index in [2.05, 4.69) is 41.3 Å². The van der Waals surface area contributed by atoms with Gasteiger partial charge in [0.2, 0.25) is 0 Å². The number of hydrogen-bond acceptors (Lipinski definition) is 3. The number of piperidine rings is 2. The lowest BCUT2D eigenvalue weighted by Crippen LogP contribution is -2.56. The Morgan fingerprint density at radius 1 is 1.12 bits per heavy atom. The van der Waals surface area contributed by atoms with E-state index in [0.717, 1.165) is 43.4 Å². The lowest BCUT2D eigenvalue weighted by molar-refractivity contribution is -0.100. The molecule has 3 heteroatoms. The molecule has 0 spiro atoms. The molecule has 0 amide bonds. The third-order valence-electron chi connectivity index (χ3n) is 6.22. The van der Waals surface area contributed by atoms with E-state index in [1.807, 2.05) is 25.1 Å². The summed E-state index contributed by atoms with van der Waals surface area (Å²) in [7, 11) is 0. The van der Waals surface area contributed by atoms with E-state index in [9.17, 15) is 5.11 Å². The minimum absolute atomic E-state index is 0.419. The number of benzene rings is 2. The van der Waals surface area contributed by atoms with Gasteiger partial charge in [0.15, 0.2) is 0 Å². The van der Waals surface area contributed by atoms with Crippen molar-refractivity contribution < 1.29 is 5.11 Å². The number of nitrogens with zero attached hydrogens (tertiary/aromatic N) is 2. The van der Waals surface area contributed by atoms with Crippen LogP contribution < -0.4 is 0 Å². The summed E-state index contributed by atoms with van der Waals surface area (Å²) < 4.78 is 0. The zero-order valence-electron chi connectivity index (χ0n) is 15.4. The second-order valence-electron chi connectivity index (χ2n) is 7.98. The van der Waals surface area contributed by atoms with Crippen molar-refractivity contribution in [2.24, 2.45) is 0 Å². The van der Waals surface area contributed by atoms with Crippen molar-refractivity contribution in [1.29, 1.82) is 5.26 Å². The topological polar surface area (TPSA) is 47.3 Å². The van der Waals surface area contributed by atoms with Crippen LogP contribution in [-0.4, -0.2) is 22.1 Å². The highest BCUT2D eigenvalue weighted by atomic mass is 16.3. The third kappa shape index (κ3) is 3.16. The van der Waals surface area contributed by atoms with Gasteiger partial charge in [0.1, 0.15) is 0 Å². The molecule has 2 bridgehead atoms. The van der Waals surface area contributed by atoms with Crippen molar-refractivity contribution in [2.45, 2.75) is 63.3 Å². The van der Waals surface area contributed by atoms with E-state index >= 15 is 0 Å². The molecule has 0 aromatic heterocycles. The maximum atomic E-state index is 11.6. The van der Waals surface area contributed by atoms with Crippen LogP contribution in [0.4, 0.5) is 0 Å². The molecule has 2 aromatic rings. The SMILES string of the molecule is Cc1cc(C#N)ccc1C1(O)CC2CCCC(C1)N2Cc1ccccc1. The van der Waals surface area contributed by atoms with Crippen LogP contribution in [0.25, 0.3) is 0 Å². The summed E-state index contributed by atoms with van der Waals surface area (Å²) in [6.45, 7) is 2.98. The van der Waals surface area contributed by atoms with Crippen molar-refractivity contribution in [1.82, 2.24) is 4.90 Å². The van der Waals surface area contributed by atoms with Crippen LogP contribution in [-0.2, 0) is 12.1 Å². The molecule has 2 aliphatic rings. The molecule has 4 rings (SSSR count). The smallest absolute Gasteiger partial charge is 0.0991 e. The monoisotopic (exact) mass is 346 g/mol. The summed E-state index contributed by atoms with van der Waals surface area (Å²) in [6, 6.07) is 19.4. The molecule has 2 aromatic carbocycles. The Kier molecular flexibility index (Phi) is 4.56. The quantitative estimate of drug-likeness (QED) is 0.903. The summed E-state index contributed by atoms with van der Waals surface area (Å²) in [5, 5.41) is 20.7. The van der Waals surface area contributed by atoms with E-state index in [1.54, 1.807) is 0 Å². The number of fused-ring (bicyclic) bond motifs is 2. The molecule has 1 N–H and O–H groups in total. The first-order valence-corrected chi connectivity index (χ1v) is 9.62. The van der Waals surface area contributed by atoms with Gasteiger partial charge in [-0.2, -0.15) is 5.26 Å². The Morgan fingerprint density at radius 2 is 1.81 bits per heavy atom. The van der Waals surface area contributed by atoms with E-state index in [0.29, 0.717) is 17.6 Å². The maximum absolute atomic E-state index is 11.6. The van der Waals surface area contributed by atoms with Crippen LogP contribution in [0.1, 0.15) is 54.4 Å². The number of aryl methyl sites for hydroxylation is 1. The molecule has 3 nitrogen and oxygen atoms in total. The van der Waals surface area contributed by atoms with E-state index in [4.69, 9.17) is 5.26 Å². The Labute approximate surface area is 155 Å². The summed E-state index contributed by atoms with van der Waals surface area (Å²) >= 11 is 0. The van der Waals surface area contributed by atoms with Crippen molar-refractivity contribution >= 4 is 0 Å². The highest BCUT2D eigenvalue weighted by molar-refractivity contribution is 5.40. The Morgan fingerprint density at radius 3 is 2.42 bits per heavy atom. The van der Waals surface area contributed by atoms with E-state index < -0.39 is 5.60 Å². The first-order chi connectivity index (χ1) is 12.6. The number of hydrogen-bond donors (Lipinski definition) is 1. The molecule has 2 atom stereocenters. The van der Waals surface area contributed by atoms with Gasteiger partial charge in [-0.3, -0.25) is 4.90 Å². The molecule has 0 saturated carbocycles. The maximum Gasteiger partial charge on any atom is 0.0991 e. The second kappa shape index (κ2) is 6.87. The lowest BCUT2D eigenvalue weighted by Gasteiger charge is -2.52. The van der Waals surface area contributed by atoms with Gasteiger partial charge in [-0.15, -0.1) is 0 Å². The van der Waals surface area contributed by atoms with Crippen molar-refractivity contribution in [3.63, 3.8) is 0 Å². The molecule has 2 saturated heterocycles. The first kappa shape index (κ1) is 17.3. The van der Waals surface area contributed by atoms with Crippen LogP contribution in [0, 0.1) is 18.3 Å². The Balaban J connectivity index is 1.60. The molecule has 26 heavy (non-hydrogen) atoms. The minimum atomic E-state index is -0.777. The van der Waals surface area contributed by atoms with Crippen LogP contribution in [0.15, 0.2) is 48.5 Å².